The highest BCUT2D eigenvalue weighted by Gasteiger charge is 1.86. The zero-order chi connectivity index (χ0) is 6.41. The summed E-state index contributed by atoms with van der Waals surface area (Å²) < 4.78 is 4.56. The summed E-state index contributed by atoms with van der Waals surface area (Å²) in [5.41, 5.74) is 0. The third-order valence-electron chi connectivity index (χ3n) is 0.593. The van der Waals surface area contributed by atoms with Crippen LogP contribution in [0.1, 0.15) is 0 Å². The van der Waals surface area contributed by atoms with Gasteiger partial charge in [0, 0.05) is 5.88 Å². The fraction of sp³-hybridized carbons (Fsp3) is 0.400. The third kappa shape index (κ3) is 2.49. The van der Waals surface area contributed by atoms with Gasteiger partial charge in [-0.15, -0.1) is 11.6 Å². The lowest BCUT2D eigenvalue weighted by Crippen LogP contribution is -1.80. The molecule has 3 heteroatoms. The van der Waals surface area contributed by atoms with Crippen LogP contribution in [0.15, 0.2) is 11.8 Å². The molecule has 0 aromatic carbocycles. The van der Waals surface area contributed by atoms with E-state index in [0.29, 0.717) is 5.88 Å². The van der Waals surface area contributed by atoms with Crippen LogP contribution in [-0.4, -0.2) is 13.0 Å². The van der Waals surface area contributed by atoms with Gasteiger partial charge in [0.15, 0.2) is 5.76 Å². The first-order chi connectivity index (χ1) is 3.85. The predicted molar refractivity (Wildman–Crippen MR) is 31.4 cm³/mol. The first-order valence-electron chi connectivity index (χ1n) is 2.05. The molecule has 0 fully saturated rings. The zero-order valence-corrected chi connectivity index (χ0v) is 5.27. The summed E-state index contributed by atoms with van der Waals surface area (Å²) in [6.45, 7) is 0. The molecule has 0 amide bonds. The molecule has 0 atom stereocenters. The van der Waals surface area contributed by atoms with Gasteiger partial charge in [-0.3, -0.25) is 0 Å². The highest BCUT2D eigenvalue weighted by atomic mass is 35.5. The number of rotatable bonds is 2. The van der Waals surface area contributed by atoms with Crippen LogP contribution in [0, 0.1) is 11.3 Å². The van der Waals surface area contributed by atoms with Crippen LogP contribution in [0.3, 0.4) is 0 Å². The van der Waals surface area contributed by atoms with Crippen molar-refractivity contribution in [3.05, 3.63) is 11.8 Å². The number of halogens is 1. The van der Waals surface area contributed by atoms with Gasteiger partial charge in [0.25, 0.3) is 0 Å². The maximum atomic E-state index is 8.16. The van der Waals surface area contributed by atoms with Crippen LogP contribution in [0.2, 0.25) is 0 Å². The number of ether oxygens (including phenoxy) is 1. The van der Waals surface area contributed by atoms with Crippen LogP contribution in [0.4, 0.5) is 0 Å². The summed E-state index contributed by atoms with van der Waals surface area (Å²) in [5.74, 6) is 0.580. The second-order valence-electron chi connectivity index (χ2n) is 1.04. The normalized spacial score (nSPS) is 10.4. The van der Waals surface area contributed by atoms with Crippen molar-refractivity contribution in [3.8, 4) is 6.07 Å². The van der Waals surface area contributed by atoms with Gasteiger partial charge >= 0.3 is 0 Å². The van der Waals surface area contributed by atoms with Crippen molar-refractivity contribution in [1.29, 1.82) is 5.26 Å². The smallest absolute Gasteiger partial charge is 0.193 e. The van der Waals surface area contributed by atoms with Crippen molar-refractivity contribution in [1.82, 2.24) is 0 Å². The molecular weight excluding hydrogens is 126 g/mol. The molecule has 0 aliphatic rings. The van der Waals surface area contributed by atoms with E-state index in [-0.39, 0.29) is 5.76 Å². The molecule has 0 rings (SSSR count). The predicted octanol–water partition coefficient (Wildman–Crippen LogP) is 1.28. The van der Waals surface area contributed by atoms with Crippen molar-refractivity contribution in [2.75, 3.05) is 13.0 Å². The Morgan fingerprint density at radius 2 is 2.62 bits per heavy atom. The number of nitrogens with zero attached hydrogens (tertiary/aromatic N) is 1. The summed E-state index contributed by atoms with van der Waals surface area (Å²) >= 11 is 5.25. The molecular formula is C5H6ClNO. The van der Waals surface area contributed by atoms with E-state index in [1.54, 1.807) is 0 Å². The quantitative estimate of drug-likeness (QED) is 0.321. The molecule has 0 saturated heterocycles. The van der Waals surface area contributed by atoms with Gasteiger partial charge in [-0.25, -0.2) is 0 Å². The number of allylic oxidation sites excluding steroid dienone is 2. The van der Waals surface area contributed by atoms with Crippen molar-refractivity contribution in [3.63, 3.8) is 0 Å². The zero-order valence-electron chi connectivity index (χ0n) is 4.52. The first kappa shape index (κ1) is 7.32. The van der Waals surface area contributed by atoms with Gasteiger partial charge in [0.1, 0.15) is 6.07 Å². The van der Waals surface area contributed by atoms with Crippen LogP contribution in [0.25, 0.3) is 0 Å². The highest BCUT2D eigenvalue weighted by molar-refractivity contribution is 6.18. The lowest BCUT2D eigenvalue weighted by Gasteiger charge is -1.89. The average Bonchev–Trinajstić information content (AvgIpc) is 1.83. The number of hydrogen-bond donors (Lipinski definition) is 0. The molecule has 0 unspecified atom stereocenters. The van der Waals surface area contributed by atoms with E-state index >= 15 is 0 Å². The van der Waals surface area contributed by atoms with E-state index in [0.717, 1.165) is 0 Å². The number of methoxy groups -OCH3 is 1. The minimum atomic E-state index is 0.264. The van der Waals surface area contributed by atoms with E-state index in [1.165, 1.54) is 13.2 Å². The summed E-state index contributed by atoms with van der Waals surface area (Å²) in [6, 6.07) is 1.81. The van der Waals surface area contributed by atoms with Gasteiger partial charge in [-0.1, -0.05) is 0 Å². The summed E-state index contributed by atoms with van der Waals surface area (Å²) in [7, 11) is 1.43. The van der Waals surface area contributed by atoms with E-state index < -0.39 is 0 Å². The van der Waals surface area contributed by atoms with Crippen LogP contribution in [0.5, 0.6) is 0 Å². The summed E-state index contributed by atoms with van der Waals surface area (Å²) in [5, 5.41) is 8.16. The SMILES string of the molecule is CO/C(C#N)=C/CCl. The Hall–Kier alpha value is -0.680. The fourth-order valence-corrected chi connectivity index (χ4v) is 0.385. The Bertz CT molecular complexity index is 125. The molecule has 0 radical (unpaired) electrons. The molecule has 0 heterocycles. The standard InChI is InChI=1S/C5H6ClNO/c1-8-5(4-7)2-3-6/h2H,3H2,1H3/b5-2+. The van der Waals surface area contributed by atoms with E-state index in [9.17, 15) is 0 Å². The molecule has 0 bridgehead atoms. The lowest BCUT2D eigenvalue weighted by atomic mass is 10.5. The molecule has 44 valence electrons. The van der Waals surface area contributed by atoms with E-state index in [2.05, 4.69) is 4.74 Å². The molecule has 8 heavy (non-hydrogen) atoms. The van der Waals surface area contributed by atoms with Gasteiger partial charge in [-0.2, -0.15) is 5.26 Å². The highest BCUT2D eigenvalue weighted by Crippen LogP contribution is 1.91. The maximum absolute atomic E-state index is 8.16. The number of nitriles is 1. The van der Waals surface area contributed by atoms with Crippen molar-refractivity contribution in [2.45, 2.75) is 0 Å². The Labute approximate surface area is 53.3 Å². The van der Waals surface area contributed by atoms with Crippen molar-refractivity contribution in [2.24, 2.45) is 0 Å². The minimum absolute atomic E-state index is 0.264. The Balaban J connectivity index is 3.72. The largest absolute Gasteiger partial charge is 0.487 e. The molecule has 0 aromatic heterocycles. The minimum Gasteiger partial charge on any atom is -0.487 e. The van der Waals surface area contributed by atoms with Gasteiger partial charge in [0.05, 0.1) is 7.11 Å². The van der Waals surface area contributed by atoms with Gasteiger partial charge < -0.3 is 4.74 Å². The monoisotopic (exact) mass is 131 g/mol. The first-order valence-corrected chi connectivity index (χ1v) is 2.58. The Morgan fingerprint density at radius 3 is 2.75 bits per heavy atom. The van der Waals surface area contributed by atoms with Crippen molar-refractivity contribution >= 4 is 11.6 Å². The van der Waals surface area contributed by atoms with Crippen LogP contribution >= 0.6 is 11.6 Å². The Kier molecular flexibility index (Phi) is 4.10. The molecule has 0 aliphatic carbocycles. The number of alkyl halides is 1. The van der Waals surface area contributed by atoms with Crippen LogP contribution < -0.4 is 0 Å². The molecule has 0 N–H and O–H groups in total. The summed E-state index contributed by atoms with van der Waals surface area (Å²) in [4.78, 5) is 0. The lowest BCUT2D eigenvalue weighted by molar-refractivity contribution is 0.309. The molecule has 0 spiro atoms. The fourth-order valence-electron chi connectivity index (χ4n) is 0.245. The van der Waals surface area contributed by atoms with Crippen LogP contribution in [-0.2, 0) is 4.74 Å². The number of hydrogen-bond acceptors (Lipinski definition) is 2. The maximum Gasteiger partial charge on any atom is 0.193 e. The van der Waals surface area contributed by atoms with E-state index in [1.807, 2.05) is 6.07 Å². The second-order valence-corrected chi connectivity index (χ2v) is 1.35. The Morgan fingerprint density at radius 1 is 2.00 bits per heavy atom. The van der Waals surface area contributed by atoms with Gasteiger partial charge in [-0.05, 0) is 6.08 Å². The van der Waals surface area contributed by atoms with E-state index in [4.69, 9.17) is 16.9 Å². The molecule has 0 aliphatic heterocycles. The van der Waals surface area contributed by atoms with Crippen molar-refractivity contribution < 1.29 is 4.74 Å². The molecule has 0 aromatic rings. The third-order valence-corrected chi connectivity index (χ3v) is 0.747. The topological polar surface area (TPSA) is 33.0 Å². The van der Waals surface area contributed by atoms with Gasteiger partial charge in [0.2, 0.25) is 0 Å². The average molecular weight is 132 g/mol. The molecule has 2 nitrogen and oxygen atoms in total. The second kappa shape index (κ2) is 4.48. The summed E-state index contributed by atoms with van der Waals surface area (Å²) in [6.07, 6.45) is 1.50. The molecule has 0 saturated carbocycles.